The van der Waals surface area contributed by atoms with Crippen LogP contribution in [0.4, 0.5) is 10.1 Å². The Hall–Kier alpha value is -2.90. The quantitative estimate of drug-likeness (QED) is 0.647. The molecule has 2 aromatic rings. The number of H-pyrrole nitrogens is 2. The molecule has 0 saturated heterocycles. The van der Waals surface area contributed by atoms with Crippen LogP contribution in [0.1, 0.15) is 40.5 Å². The van der Waals surface area contributed by atoms with Crippen LogP contribution in [0.25, 0.3) is 0 Å². The molecule has 0 saturated carbocycles. The fraction of sp³-hybridized carbons (Fsp3) is 0.267. The number of aromatic amines is 2. The molecule has 0 spiro atoms. The first-order valence-electron chi connectivity index (χ1n) is 7.17. The standard InChI is InChI=1S/C15H15FN4O3/c16-8-5-4-7-2-1-3-10(9(7)6-8)18-14(22)12-11(17)13(21)20-15(23)19-12/h4-6,10H,1-3,17H2,(H,18,22)(H2,19,20,21,23)/t10-/m1/s1. The summed E-state index contributed by atoms with van der Waals surface area (Å²) in [5, 5.41) is 2.71. The Bertz CT molecular complexity index is 887. The number of anilines is 1. The fourth-order valence-corrected chi connectivity index (χ4v) is 2.83. The lowest BCUT2D eigenvalue weighted by Crippen LogP contribution is -2.36. The third-order valence-electron chi connectivity index (χ3n) is 3.93. The number of hydrogen-bond donors (Lipinski definition) is 4. The maximum atomic E-state index is 13.5. The van der Waals surface area contributed by atoms with E-state index in [-0.39, 0.29) is 17.2 Å². The van der Waals surface area contributed by atoms with Gasteiger partial charge in [0.1, 0.15) is 17.2 Å². The minimum Gasteiger partial charge on any atom is -0.392 e. The van der Waals surface area contributed by atoms with Crippen molar-refractivity contribution in [3.05, 3.63) is 61.7 Å². The predicted molar refractivity (Wildman–Crippen MR) is 81.6 cm³/mol. The Morgan fingerprint density at radius 3 is 2.87 bits per heavy atom. The summed E-state index contributed by atoms with van der Waals surface area (Å²) in [6.45, 7) is 0. The Balaban J connectivity index is 1.92. The molecule has 0 fully saturated rings. The molecule has 1 aliphatic rings. The molecule has 0 unspecified atom stereocenters. The first kappa shape index (κ1) is 15.0. The topological polar surface area (TPSA) is 121 Å². The zero-order valence-electron chi connectivity index (χ0n) is 12.1. The summed E-state index contributed by atoms with van der Waals surface area (Å²) in [4.78, 5) is 39.3. The normalized spacial score (nSPS) is 16.7. The molecule has 1 aliphatic carbocycles. The number of aryl methyl sites for hydroxylation is 1. The molecular formula is C15H15FN4O3. The molecule has 3 rings (SSSR count). The van der Waals surface area contributed by atoms with Crippen LogP contribution in [0.3, 0.4) is 0 Å². The van der Waals surface area contributed by atoms with Gasteiger partial charge in [-0.05, 0) is 42.5 Å². The number of fused-ring (bicyclic) bond motifs is 1. The lowest BCUT2D eigenvalue weighted by Gasteiger charge is -2.26. The number of rotatable bonds is 2. The van der Waals surface area contributed by atoms with Crippen molar-refractivity contribution in [2.45, 2.75) is 25.3 Å². The third-order valence-corrected chi connectivity index (χ3v) is 3.93. The van der Waals surface area contributed by atoms with Gasteiger partial charge in [-0.15, -0.1) is 0 Å². The average molecular weight is 318 g/mol. The SMILES string of the molecule is Nc1c(C(=O)N[C@@H]2CCCc3ccc(F)cc32)[nH]c(=O)[nH]c1=O. The number of nitrogen functional groups attached to an aromatic ring is 1. The van der Waals surface area contributed by atoms with Crippen molar-refractivity contribution in [2.75, 3.05) is 5.73 Å². The van der Waals surface area contributed by atoms with Gasteiger partial charge in [0.25, 0.3) is 11.5 Å². The van der Waals surface area contributed by atoms with E-state index in [2.05, 4.69) is 10.3 Å². The Morgan fingerprint density at radius 2 is 2.09 bits per heavy atom. The highest BCUT2D eigenvalue weighted by atomic mass is 19.1. The summed E-state index contributed by atoms with van der Waals surface area (Å²) < 4.78 is 13.5. The molecule has 1 aromatic carbocycles. The summed E-state index contributed by atoms with van der Waals surface area (Å²) in [5.41, 5.74) is 4.92. The second-order valence-corrected chi connectivity index (χ2v) is 5.46. The van der Waals surface area contributed by atoms with E-state index in [0.29, 0.717) is 12.0 Å². The van der Waals surface area contributed by atoms with Gasteiger partial charge in [-0.2, -0.15) is 0 Å². The monoisotopic (exact) mass is 318 g/mol. The van der Waals surface area contributed by atoms with Gasteiger partial charge in [-0.25, -0.2) is 9.18 Å². The van der Waals surface area contributed by atoms with Gasteiger partial charge in [0, 0.05) is 0 Å². The van der Waals surface area contributed by atoms with E-state index in [1.54, 1.807) is 6.07 Å². The highest BCUT2D eigenvalue weighted by molar-refractivity contribution is 5.97. The largest absolute Gasteiger partial charge is 0.392 e. The minimum absolute atomic E-state index is 0.290. The highest BCUT2D eigenvalue weighted by Crippen LogP contribution is 2.30. The number of carbonyl (C=O) groups is 1. The zero-order chi connectivity index (χ0) is 16.6. The maximum Gasteiger partial charge on any atom is 0.326 e. The summed E-state index contributed by atoms with van der Waals surface area (Å²) in [5.74, 6) is -1.05. The van der Waals surface area contributed by atoms with Crippen molar-refractivity contribution >= 4 is 11.6 Å². The van der Waals surface area contributed by atoms with Gasteiger partial charge >= 0.3 is 5.69 Å². The molecule has 1 atom stereocenters. The van der Waals surface area contributed by atoms with E-state index in [0.717, 1.165) is 18.4 Å². The molecule has 23 heavy (non-hydrogen) atoms. The molecule has 5 N–H and O–H groups in total. The van der Waals surface area contributed by atoms with Crippen molar-refractivity contribution in [3.63, 3.8) is 0 Å². The minimum atomic E-state index is -0.825. The van der Waals surface area contributed by atoms with Crippen molar-refractivity contribution in [1.29, 1.82) is 0 Å². The number of carbonyl (C=O) groups excluding carboxylic acids is 1. The van der Waals surface area contributed by atoms with Crippen LogP contribution in [0, 0.1) is 5.82 Å². The van der Waals surface area contributed by atoms with Crippen molar-refractivity contribution in [2.24, 2.45) is 0 Å². The number of nitrogens with two attached hydrogens (primary N) is 1. The van der Waals surface area contributed by atoms with Gasteiger partial charge < -0.3 is 16.0 Å². The summed E-state index contributed by atoms with van der Waals surface area (Å²) in [6, 6.07) is 4.08. The van der Waals surface area contributed by atoms with Gasteiger partial charge in [-0.3, -0.25) is 14.6 Å². The Morgan fingerprint density at radius 1 is 1.30 bits per heavy atom. The molecule has 1 heterocycles. The fourth-order valence-electron chi connectivity index (χ4n) is 2.83. The molecule has 0 bridgehead atoms. The van der Waals surface area contributed by atoms with Crippen LogP contribution in [0.15, 0.2) is 27.8 Å². The average Bonchev–Trinajstić information content (AvgIpc) is 2.51. The van der Waals surface area contributed by atoms with E-state index < -0.39 is 23.2 Å². The van der Waals surface area contributed by atoms with Gasteiger partial charge in [0.15, 0.2) is 0 Å². The van der Waals surface area contributed by atoms with Crippen LogP contribution in [0.2, 0.25) is 0 Å². The predicted octanol–water partition coefficient (Wildman–Crippen LogP) is 0.592. The molecule has 7 nitrogen and oxygen atoms in total. The molecular weight excluding hydrogens is 303 g/mol. The van der Waals surface area contributed by atoms with Crippen molar-refractivity contribution in [3.8, 4) is 0 Å². The van der Waals surface area contributed by atoms with E-state index in [1.807, 2.05) is 4.98 Å². The van der Waals surface area contributed by atoms with Gasteiger partial charge in [0.05, 0.1) is 6.04 Å². The first-order valence-corrected chi connectivity index (χ1v) is 7.17. The summed E-state index contributed by atoms with van der Waals surface area (Å²) in [6.07, 6.45) is 2.28. The van der Waals surface area contributed by atoms with E-state index in [1.165, 1.54) is 12.1 Å². The van der Waals surface area contributed by atoms with E-state index >= 15 is 0 Å². The number of halogens is 1. The van der Waals surface area contributed by atoms with Crippen LogP contribution < -0.4 is 22.3 Å². The molecule has 1 amide bonds. The molecule has 0 aliphatic heterocycles. The first-order chi connectivity index (χ1) is 11.0. The summed E-state index contributed by atoms with van der Waals surface area (Å²) in [7, 11) is 0. The van der Waals surface area contributed by atoms with Gasteiger partial charge in [-0.1, -0.05) is 6.07 Å². The van der Waals surface area contributed by atoms with Crippen molar-refractivity contribution < 1.29 is 9.18 Å². The molecule has 1 aromatic heterocycles. The van der Waals surface area contributed by atoms with E-state index in [9.17, 15) is 18.8 Å². The number of aromatic nitrogens is 2. The smallest absolute Gasteiger partial charge is 0.326 e. The highest BCUT2D eigenvalue weighted by Gasteiger charge is 2.24. The Labute approximate surface area is 129 Å². The number of hydrogen-bond acceptors (Lipinski definition) is 4. The van der Waals surface area contributed by atoms with Crippen LogP contribution >= 0.6 is 0 Å². The zero-order valence-corrected chi connectivity index (χ0v) is 12.1. The number of nitrogens with one attached hydrogen (secondary N) is 3. The second kappa shape index (κ2) is 5.71. The lowest BCUT2D eigenvalue weighted by molar-refractivity contribution is 0.0928. The number of amides is 1. The molecule has 0 radical (unpaired) electrons. The second-order valence-electron chi connectivity index (χ2n) is 5.46. The van der Waals surface area contributed by atoms with Gasteiger partial charge in [0.2, 0.25) is 0 Å². The lowest BCUT2D eigenvalue weighted by atomic mass is 9.87. The third kappa shape index (κ3) is 2.87. The van der Waals surface area contributed by atoms with E-state index in [4.69, 9.17) is 5.73 Å². The summed E-state index contributed by atoms with van der Waals surface area (Å²) >= 11 is 0. The van der Waals surface area contributed by atoms with Crippen LogP contribution in [-0.2, 0) is 6.42 Å². The van der Waals surface area contributed by atoms with Crippen LogP contribution in [-0.4, -0.2) is 15.9 Å². The van der Waals surface area contributed by atoms with Crippen LogP contribution in [0.5, 0.6) is 0 Å². The maximum absolute atomic E-state index is 13.5. The molecule has 120 valence electrons. The Kier molecular flexibility index (Phi) is 3.73. The molecule has 8 heteroatoms. The number of benzene rings is 1. The van der Waals surface area contributed by atoms with Crippen molar-refractivity contribution in [1.82, 2.24) is 15.3 Å².